The zero-order chi connectivity index (χ0) is 15.0. The van der Waals surface area contributed by atoms with E-state index in [0.29, 0.717) is 17.6 Å². The van der Waals surface area contributed by atoms with Crippen LogP contribution in [0, 0.1) is 13.8 Å². The number of benzene rings is 2. The van der Waals surface area contributed by atoms with Gasteiger partial charge in [0.1, 0.15) is 11.3 Å². The second-order valence-corrected chi connectivity index (χ2v) is 5.29. The van der Waals surface area contributed by atoms with E-state index in [1.165, 1.54) is 6.07 Å². The lowest BCUT2D eigenvalue weighted by atomic mass is 9.97. The topological polar surface area (TPSA) is 50.4 Å². The van der Waals surface area contributed by atoms with Crippen molar-refractivity contribution in [3.63, 3.8) is 0 Å². The lowest BCUT2D eigenvalue weighted by Gasteiger charge is -2.10. The molecule has 0 atom stereocenters. The van der Waals surface area contributed by atoms with Crippen molar-refractivity contribution in [2.75, 3.05) is 0 Å². The van der Waals surface area contributed by atoms with E-state index < -0.39 is 0 Å². The lowest BCUT2D eigenvalue weighted by Crippen LogP contribution is -2.11. The molecule has 0 aliphatic heterocycles. The van der Waals surface area contributed by atoms with Crippen LogP contribution in [0.4, 0.5) is 0 Å². The average Bonchev–Trinajstić information content (AvgIpc) is 2.43. The first-order valence-electron chi connectivity index (χ1n) is 6.86. The molecule has 0 aliphatic carbocycles. The van der Waals surface area contributed by atoms with E-state index in [9.17, 15) is 9.90 Å². The maximum absolute atomic E-state index is 12.2. The fraction of sp³-hybridized carbons (Fsp3) is 0.167. The zero-order valence-electron chi connectivity index (χ0n) is 12.0. The molecule has 3 nitrogen and oxygen atoms in total. The molecule has 0 unspecified atom stereocenters. The molecular formula is C18H16O3. The molecule has 3 rings (SSSR count). The third-order valence-corrected chi connectivity index (χ3v) is 3.78. The Morgan fingerprint density at radius 2 is 1.81 bits per heavy atom. The number of aromatic hydroxyl groups is 1. The normalized spacial score (nSPS) is 11.0. The van der Waals surface area contributed by atoms with Crippen molar-refractivity contribution in [3.8, 4) is 5.75 Å². The van der Waals surface area contributed by atoms with Gasteiger partial charge in [-0.15, -0.1) is 0 Å². The molecule has 0 bridgehead atoms. The summed E-state index contributed by atoms with van der Waals surface area (Å²) in [6.07, 6.45) is 0.547. The smallest absolute Gasteiger partial charge is 0.340 e. The van der Waals surface area contributed by atoms with Gasteiger partial charge in [0.15, 0.2) is 0 Å². The summed E-state index contributed by atoms with van der Waals surface area (Å²) in [5, 5.41) is 10.5. The van der Waals surface area contributed by atoms with E-state index in [1.54, 1.807) is 6.07 Å². The molecular weight excluding hydrogens is 264 g/mol. The highest BCUT2D eigenvalue weighted by Crippen LogP contribution is 2.28. The van der Waals surface area contributed by atoms with Gasteiger partial charge in [0, 0.05) is 23.4 Å². The fourth-order valence-electron chi connectivity index (χ4n) is 2.77. The van der Waals surface area contributed by atoms with E-state index in [2.05, 4.69) is 0 Å². The minimum atomic E-state index is -0.339. The minimum Gasteiger partial charge on any atom is -0.508 e. The number of hydrogen-bond donors (Lipinski definition) is 1. The summed E-state index contributed by atoms with van der Waals surface area (Å²) in [4.78, 5) is 12.2. The Balaban J connectivity index is 2.22. The number of fused-ring (bicyclic) bond motifs is 1. The van der Waals surface area contributed by atoms with Gasteiger partial charge in [-0.25, -0.2) is 4.79 Å². The Bertz CT molecular complexity index is 861. The third kappa shape index (κ3) is 2.42. The molecule has 21 heavy (non-hydrogen) atoms. The number of rotatable bonds is 2. The molecule has 0 radical (unpaired) electrons. The van der Waals surface area contributed by atoms with Crippen LogP contribution < -0.4 is 5.63 Å². The standard InChI is InChI=1S/C18H16O3/c1-11-8-14(19)10-16-17(11)12(2)15(18(20)21-16)9-13-6-4-3-5-7-13/h3-8,10,19H,9H2,1-2H3. The Morgan fingerprint density at radius 1 is 1.10 bits per heavy atom. The molecule has 3 heteroatoms. The molecule has 2 aromatic carbocycles. The summed E-state index contributed by atoms with van der Waals surface area (Å²) in [5.74, 6) is 0.110. The van der Waals surface area contributed by atoms with Gasteiger partial charge in [0.25, 0.3) is 0 Å². The van der Waals surface area contributed by atoms with Crippen LogP contribution in [0.1, 0.15) is 22.3 Å². The van der Waals surface area contributed by atoms with Crippen molar-refractivity contribution in [1.29, 1.82) is 0 Å². The van der Waals surface area contributed by atoms with Gasteiger partial charge >= 0.3 is 5.63 Å². The number of phenols is 1. The SMILES string of the molecule is Cc1cc(O)cc2oc(=O)c(Cc3ccccc3)c(C)c12. The van der Waals surface area contributed by atoms with Crippen molar-refractivity contribution in [2.45, 2.75) is 20.3 Å². The Morgan fingerprint density at radius 3 is 2.52 bits per heavy atom. The monoisotopic (exact) mass is 280 g/mol. The molecule has 1 aromatic heterocycles. The molecule has 0 saturated heterocycles. The Kier molecular flexibility index (Phi) is 3.26. The molecule has 0 saturated carbocycles. The van der Waals surface area contributed by atoms with Crippen LogP contribution in [0.5, 0.6) is 5.75 Å². The summed E-state index contributed by atoms with van der Waals surface area (Å²) in [6, 6.07) is 13.0. The van der Waals surface area contributed by atoms with Gasteiger partial charge in [0.2, 0.25) is 0 Å². The van der Waals surface area contributed by atoms with Gasteiger partial charge < -0.3 is 9.52 Å². The molecule has 106 valence electrons. The van der Waals surface area contributed by atoms with Gasteiger partial charge in [-0.2, -0.15) is 0 Å². The van der Waals surface area contributed by atoms with E-state index in [-0.39, 0.29) is 11.4 Å². The fourth-order valence-corrected chi connectivity index (χ4v) is 2.77. The first-order chi connectivity index (χ1) is 10.1. The van der Waals surface area contributed by atoms with Crippen LogP contribution in [0.2, 0.25) is 0 Å². The van der Waals surface area contributed by atoms with E-state index in [0.717, 1.165) is 22.1 Å². The number of phenolic OH excluding ortho intramolecular Hbond substituents is 1. The van der Waals surface area contributed by atoms with Crippen LogP contribution in [-0.2, 0) is 6.42 Å². The molecule has 3 aromatic rings. The van der Waals surface area contributed by atoms with Crippen LogP contribution >= 0.6 is 0 Å². The summed E-state index contributed by atoms with van der Waals surface area (Å²) in [6.45, 7) is 3.84. The maximum Gasteiger partial charge on any atom is 0.340 e. The largest absolute Gasteiger partial charge is 0.508 e. The number of aryl methyl sites for hydroxylation is 2. The summed E-state index contributed by atoms with van der Waals surface area (Å²) < 4.78 is 5.39. The summed E-state index contributed by atoms with van der Waals surface area (Å²) in [7, 11) is 0. The second kappa shape index (κ2) is 5.09. The third-order valence-electron chi connectivity index (χ3n) is 3.78. The Hall–Kier alpha value is -2.55. The predicted octanol–water partition coefficient (Wildman–Crippen LogP) is 3.71. The molecule has 0 fully saturated rings. The number of hydrogen-bond acceptors (Lipinski definition) is 3. The van der Waals surface area contributed by atoms with E-state index >= 15 is 0 Å². The quantitative estimate of drug-likeness (QED) is 0.728. The van der Waals surface area contributed by atoms with E-state index in [4.69, 9.17) is 4.42 Å². The molecule has 0 spiro atoms. The van der Waals surface area contributed by atoms with Crippen molar-refractivity contribution in [2.24, 2.45) is 0 Å². The molecule has 0 amide bonds. The highest BCUT2D eigenvalue weighted by atomic mass is 16.4. The van der Waals surface area contributed by atoms with Crippen molar-refractivity contribution >= 4 is 11.0 Å². The first kappa shape index (κ1) is 13.4. The van der Waals surface area contributed by atoms with Crippen molar-refractivity contribution in [3.05, 3.63) is 75.1 Å². The predicted molar refractivity (Wildman–Crippen MR) is 82.9 cm³/mol. The Labute approximate surface area is 122 Å². The van der Waals surface area contributed by atoms with Crippen molar-refractivity contribution < 1.29 is 9.52 Å². The first-order valence-corrected chi connectivity index (χ1v) is 6.86. The van der Waals surface area contributed by atoms with Crippen LogP contribution in [0.3, 0.4) is 0 Å². The second-order valence-electron chi connectivity index (χ2n) is 5.29. The summed E-state index contributed by atoms with van der Waals surface area (Å²) in [5.41, 5.74) is 3.66. The van der Waals surface area contributed by atoms with E-state index in [1.807, 2.05) is 44.2 Å². The highest BCUT2D eigenvalue weighted by molar-refractivity contribution is 5.85. The maximum atomic E-state index is 12.2. The van der Waals surface area contributed by atoms with Crippen molar-refractivity contribution in [1.82, 2.24) is 0 Å². The van der Waals surface area contributed by atoms with Crippen LogP contribution in [0.25, 0.3) is 11.0 Å². The lowest BCUT2D eigenvalue weighted by molar-refractivity contribution is 0.472. The zero-order valence-corrected chi connectivity index (χ0v) is 12.0. The average molecular weight is 280 g/mol. The minimum absolute atomic E-state index is 0.110. The van der Waals surface area contributed by atoms with Crippen LogP contribution in [0.15, 0.2) is 51.7 Å². The van der Waals surface area contributed by atoms with Gasteiger partial charge in [-0.05, 0) is 36.6 Å². The molecule has 1 heterocycles. The molecule has 1 N–H and O–H groups in total. The van der Waals surface area contributed by atoms with Gasteiger partial charge in [0.05, 0.1) is 0 Å². The van der Waals surface area contributed by atoms with Crippen LogP contribution in [-0.4, -0.2) is 5.11 Å². The molecule has 0 aliphatic rings. The van der Waals surface area contributed by atoms with Gasteiger partial charge in [-0.3, -0.25) is 0 Å². The van der Waals surface area contributed by atoms with Gasteiger partial charge in [-0.1, -0.05) is 30.3 Å². The highest BCUT2D eigenvalue weighted by Gasteiger charge is 2.14. The summed E-state index contributed by atoms with van der Waals surface area (Å²) >= 11 is 0.